The maximum Gasteiger partial charge on any atom is 0.328 e. The molecule has 7 nitrogen and oxygen atoms in total. The largest absolute Gasteiger partial charge is 0.458 e. The molecular weight excluding hydrogens is 334 g/mol. The lowest BCUT2D eigenvalue weighted by molar-refractivity contribution is -0.158. The second kappa shape index (κ2) is 9.33. The second-order valence-corrected chi connectivity index (χ2v) is 7.29. The number of hydrogen-bond acceptors (Lipinski definition) is 5. The fraction of sp³-hybridized carbons (Fsp3) is 0.526. The summed E-state index contributed by atoms with van der Waals surface area (Å²) in [7, 11) is 0. The molecule has 26 heavy (non-hydrogen) atoms. The van der Waals surface area contributed by atoms with E-state index in [2.05, 4.69) is 10.6 Å². The number of esters is 1. The standard InChI is InChI=1S/C19H29N3O4/c1-12(16(23)22-13(2)18(25)26-19(3,4)5)21-17(24)15(20)11-14-9-7-6-8-10-14/h6-10,12-13,15H,11,20H2,1-5H3,(H,21,24)(H,22,23)/t12-,13-,15-/m0/s1. The van der Waals surface area contributed by atoms with Gasteiger partial charge in [0.05, 0.1) is 6.04 Å². The Morgan fingerprint density at radius 2 is 1.54 bits per heavy atom. The highest BCUT2D eigenvalue weighted by atomic mass is 16.6. The van der Waals surface area contributed by atoms with Gasteiger partial charge in [-0.2, -0.15) is 0 Å². The van der Waals surface area contributed by atoms with E-state index in [1.165, 1.54) is 13.8 Å². The maximum absolute atomic E-state index is 12.2. The zero-order chi connectivity index (χ0) is 19.9. The van der Waals surface area contributed by atoms with Crippen LogP contribution in [0.25, 0.3) is 0 Å². The van der Waals surface area contributed by atoms with Crippen molar-refractivity contribution in [2.24, 2.45) is 5.73 Å². The van der Waals surface area contributed by atoms with Gasteiger partial charge in [-0.05, 0) is 46.6 Å². The maximum atomic E-state index is 12.2. The fourth-order valence-corrected chi connectivity index (χ4v) is 2.13. The molecule has 0 saturated carbocycles. The van der Waals surface area contributed by atoms with Gasteiger partial charge < -0.3 is 21.1 Å². The highest BCUT2D eigenvalue weighted by Gasteiger charge is 2.26. The van der Waals surface area contributed by atoms with E-state index < -0.39 is 41.5 Å². The molecule has 1 aromatic rings. The van der Waals surface area contributed by atoms with Crippen molar-refractivity contribution in [3.05, 3.63) is 35.9 Å². The molecule has 4 N–H and O–H groups in total. The van der Waals surface area contributed by atoms with Crippen molar-refractivity contribution in [2.75, 3.05) is 0 Å². The quantitative estimate of drug-likeness (QED) is 0.624. The van der Waals surface area contributed by atoms with Crippen LogP contribution < -0.4 is 16.4 Å². The zero-order valence-electron chi connectivity index (χ0n) is 16.0. The molecule has 7 heteroatoms. The Balaban J connectivity index is 2.50. The molecule has 1 aromatic carbocycles. The molecule has 0 spiro atoms. The van der Waals surface area contributed by atoms with Gasteiger partial charge in [0, 0.05) is 0 Å². The first kappa shape index (κ1) is 21.6. The first-order chi connectivity index (χ1) is 12.0. The summed E-state index contributed by atoms with van der Waals surface area (Å²) >= 11 is 0. The molecule has 0 bridgehead atoms. The lowest BCUT2D eigenvalue weighted by Gasteiger charge is -2.24. The number of nitrogens with two attached hydrogens (primary N) is 1. The van der Waals surface area contributed by atoms with Gasteiger partial charge in [-0.15, -0.1) is 0 Å². The number of rotatable bonds is 7. The van der Waals surface area contributed by atoms with Gasteiger partial charge in [-0.1, -0.05) is 30.3 Å². The number of benzene rings is 1. The molecule has 0 fully saturated rings. The molecule has 2 amide bonds. The molecule has 0 radical (unpaired) electrons. The lowest BCUT2D eigenvalue weighted by Crippen LogP contribution is -2.53. The van der Waals surface area contributed by atoms with E-state index in [0.29, 0.717) is 6.42 Å². The number of carbonyl (C=O) groups is 3. The van der Waals surface area contributed by atoms with Crippen LogP contribution >= 0.6 is 0 Å². The molecule has 1 rings (SSSR count). The van der Waals surface area contributed by atoms with E-state index in [0.717, 1.165) is 5.56 Å². The zero-order valence-corrected chi connectivity index (χ0v) is 16.0. The SMILES string of the molecule is C[C@H](NC(=O)[C@@H](N)Cc1ccccc1)C(=O)N[C@@H](C)C(=O)OC(C)(C)C. The number of nitrogens with one attached hydrogen (secondary N) is 2. The fourth-order valence-electron chi connectivity index (χ4n) is 2.13. The van der Waals surface area contributed by atoms with Crippen LogP contribution in [0.15, 0.2) is 30.3 Å². The summed E-state index contributed by atoms with van der Waals surface area (Å²) < 4.78 is 5.20. The molecule has 0 aliphatic heterocycles. The third kappa shape index (κ3) is 7.65. The summed E-state index contributed by atoms with van der Waals surface area (Å²) in [5.41, 5.74) is 6.20. The lowest BCUT2D eigenvalue weighted by atomic mass is 10.1. The van der Waals surface area contributed by atoms with E-state index in [4.69, 9.17) is 10.5 Å². The van der Waals surface area contributed by atoms with E-state index in [9.17, 15) is 14.4 Å². The van der Waals surface area contributed by atoms with Crippen molar-refractivity contribution in [1.29, 1.82) is 0 Å². The average Bonchev–Trinajstić information content (AvgIpc) is 2.53. The average molecular weight is 363 g/mol. The summed E-state index contributed by atoms with van der Waals surface area (Å²) in [5.74, 6) is -1.45. The number of ether oxygens (including phenoxy) is 1. The van der Waals surface area contributed by atoms with Gasteiger partial charge in [0.25, 0.3) is 0 Å². The predicted octanol–water partition coefficient (Wildman–Crippen LogP) is 0.908. The number of amides is 2. The summed E-state index contributed by atoms with van der Waals surface area (Å²) in [6.07, 6.45) is 0.370. The van der Waals surface area contributed by atoms with Crippen molar-refractivity contribution >= 4 is 17.8 Å². The van der Waals surface area contributed by atoms with Crippen molar-refractivity contribution < 1.29 is 19.1 Å². The van der Waals surface area contributed by atoms with Crippen molar-refractivity contribution in [3.63, 3.8) is 0 Å². The first-order valence-corrected chi connectivity index (χ1v) is 8.62. The van der Waals surface area contributed by atoms with Crippen LogP contribution in [-0.2, 0) is 25.5 Å². The van der Waals surface area contributed by atoms with Crippen LogP contribution in [0.1, 0.15) is 40.2 Å². The molecule has 0 aliphatic rings. The Hall–Kier alpha value is -2.41. The van der Waals surface area contributed by atoms with E-state index >= 15 is 0 Å². The van der Waals surface area contributed by atoms with Gasteiger partial charge >= 0.3 is 5.97 Å². The predicted molar refractivity (Wildman–Crippen MR) is 99.2 cm³/mol. The van der Waals surface area contributed by atoms with E-state index in [1.54, 1.807) is 20.8 Å². The highest BCUT2D eigenvalue weighted by Crippen LogP contribution is 2.08. The minimum atomic E-state index is -0.825. The second-order valence-electron chi connectivity index (χ2n) is 7.29. The number of carbonyl (C=O) groups excluding carboxylic acids is 3. The summed E-state index contributed by atoms with van der Waals surface area (Å²) in [6, 6.07) is 6.97. The third-order valence-electron chi connectivity index (χ3n) is 3.51. The topological polar surface area (TPSA) is 111 Å². The van der Waals surface area contributed by atoms with Gasteiger partial charge in [0.15, 0.2) is 0 Å². The summed E-state index contributed by atoms with van der Waals surface area (Å²) in [5, 5.41) is 5.09. The van der Waals surface area contributed by atoms with Crippen molar-refractivity contribution in [2.45, 2.75) is 64.8 Å². The van der Waals surface area contributed by atoms with E-state index in [-0.39, 0.29) is 0 Å². The Bertz CT molecular complexity index is 625. The summed E-state index contributed by atoms with van der Waals surface area (Å²) in [4.78, 5) is 36.2. The van der Waals surface area contributed by atoms with Crippen LogP contribution in [0.4, 0.5) is 0 Å². The minimum Gasteiger partial charge on any atom is -0.458 e. The molecule has 0 aliphatic carbocycles. The molecule has 144 valence electrons. The van der Waals surface area contributed by atoms with Crippen LogP contribution in [0.5, 0.6) is 0 Å². The van der Waals surface area contributed by atoms with Crippen LogP contribution in [0.3, 0.4) is 0 Å². The van der Waals surface area contributed by atoms with Crippen LogP contribution in [0.2, 0.25) is 0 Å². The minimum absolute atomic E-state index is 0.370. The molecule has 0 unspecified atom stereocenters. The molecule has 0 aromatic heterocycles. The molecule has 0 heterocycles. The van der Waals surface area contributed by atoms with Crippen molar-refractivity contribution in [3.8, 4) is 0 Å². The normalized spacial score (nSPS) is 14.7. The Labute approximate surface area is 154 Å². The Morgan fingerprint density at radius 3 is 2.08 bits per heavy atom. The smallest absolute Gasteiger partial charge is 0.328 e. The summed E-state index contributed by atoms with van der Waals surface area (Å²) in [6.45, 7) is 8.30. The van der Waals surface area contributed by atoms with Crippen LogP contribution in [0, 0.1) is 0 Å². The monoisotopic (exact) mass is 363 g/mol. The van der Waals surface area contributed by atoms with Gasteiger partial charge in [-0.25, -0.2) is 4.79 Å². The first-order valence-electron chi connectivity index (χ1n) is 8.62. The molecular formula is C19H29N3O4. The molecule has 3 atom stereocenters. The number of hydrogen-bond donors (Lipinski definition) is 3. The highest BCUT2D eigenvalue weighted by molar-refractivity contribution is 5.91. The Morgan fingerprint density at radius 1 is 1.00 bits per heavy atom. The van der Waals surface area contributed by atoms with Gasteiger partial charge in [0.1, 0.15) is 17.7 Å². The Kier molecular flexibility index (Phi) is 7.76. The van der Waals surface area contributed by atoms with Gasteiger partial charge in [0.2, 0.25) is 11.8 Å². The van der Waals surface area contributed by atoms with Crippen LogP contribution in [-0.4, -0.2) is 41.5 Å². The van der Waals surface area contributed by atoms with E-state index in [1.807, 2.05) is 30.3 Å². The molecule has 0 saturated heterocycles. The third-order valence-corrected chi connectivity index (χ3v) is 3.51. The van der Waals surface area contributed by atoms with Gasteiger partial charge in [-0.3, -0.25) is 9.59 Å². The van der Waals surface area contributed by atoms with Crippen molar-refractivity contribution in [1.82, 2.24) is 10.6 Å².